The Kier molecular flexibility index (Phi) is 8.59. The Morgan fingerprint density at radius 2 is 1.78 bits per heavy atom. The van der Waals surface area contributed by atoms with Gasteiger partial charge in [-0.05, 0) is 50.6 Å². The lowest BCUT2D eigenvalue weighted by Crippen LogP contribution is -2.31. The van der Waals surface area contributed by atoms with Crippen molar-refractivity contribution in [2.24, 2.45) is 5.92 Å². The average molecular weight is 537 g/mol. The minimum absolute atomic E-state index is 0.0146. The van der Waals surface area contributed by atoms with Crippen LogP contribution in [-0.4, -0.2) is 55.6 Å². The fourth-order valence-corrected chi connectivity index (χ4v) is 5.31. The van der Waals surface area contributed by atoms with Crippen LogP contribution in [0.1, 0.15) is 59.1 Å². The fraction of sp³-hybridized carbons (Fsp3) is 0.583. The molecule has 1 saturated heterocycles. The van der Waals surface area contributed by atoms with Gasteiger partial charge in [-0.15, -0.1) is 0 Å². The quantitative estimate of drug-likeness (QED) is 0.428. The number of carbonyl (C=O) groups excluding carboxylic acids is 1. The maximum atomic E-state index is 13.7. The van der Waals surface area contributed by atoms with Crippen LogP contribution < -0.4 is 10.2 Å². The number of hydrogen-bond donors (Lipinski definition) is 1. The third-order valence-corrected chi connectivity index (χ3v) is 7.34. The molecular weight excluding hydrogens is 506 g/mol. The summed E-state index contributed by atoms with van der Waals surface area (Å²) in [6.07, 6.45) is -7.96. The van der Waals surface area contributed by atoms with E-state index in [1.165, 1.54) is 12.1 Å². The summed E-state index contributed by atoms with van der Waals surface area (Å²) >= 11 is 0.711. The third kappa shape index (κ3) is 6.90. The zero-order chi connectivity index (χ0) is 26.8. The van der Waals surface area contributed by atoms with E-state index in [0.29, 0.717) is 36.4 Å². The molecule has 0 radical (unpaired) electrons. The van der Waals surface area contributed by atoms with Gasteiger partial charge >= 0.3 is 12.4 Å². The minimum Gasteiger partial charge on any atom is -0.351 e. The molecule has 0 aliphatic carbocycles. The topological polar surface area (TPSA) is 48.5 Å². The van der Waals surface area contributed by atoms with Crippen LogP contribution in [0, 0.1) is 5.92 Å². The fourth-order valence-electron chi connectivity index (χ4n) is 4.27. The normalized spacial score (nSPS) is 17.8. The van der Waals surface area contributed by atoms with Gasteiger partial charge in [0.25, 0.3) is 5.91 Å². The summed E-state index contributed by atoms with van der Waals surface area (Å²) in [4.78, 5) is 19.9. The van der Waals surface area contributed by atoms with E-state index < -0.39 is 34.4 Å². The number of anilines is 1. The van der Waals surface area contributed by atoms with Crippen molar-refractivity contribution < 1.29 is 31.1 Å². The summed E-state index contributed by atoms with van der Waals surface area (Å²) in [6.45, 7) is 4.89. The summed E-state index contributed by atoms with van der Waals surface area (Å²) in [5, 5.41) is 2.72. The number of nitrogens with one attached hydrogen (secondary N) is 1. The molecule has 1 aliphatic heterocycles. The van der Waals surface area contributed by atoms with Crippen molar-refractivity contribution in [3.05, 3.63) is 46.0 Å². The molecule has 2 aromatic rings. The standard InChI is InChI=1S/C24H30F6N4OS/c1-14(2)11-16(15-5-7-17(8-6-15)23(25,26)27)12-31-21(35)19-20(24(28,29)30)32-22(36-19)34-10-9-18(13-34)33(3)4/h5-8,14,16,18H,9-13H2,1-4H3,(H,31,35)/t16?,18-/m1/s1. The van der Waals surface area contributed by atoms with Crippen molar-refractivity contribution in [2.75, 3.05) is 38.6 Å². The van der Waals surface area contributed by atoms with Crippen LogP contribution in [0.3, 0.4) is 0 Å². The van der Waals surface area contributed by atoms with Crippen LogP contribution in [0.4, 0.5) is 31.5 Å². The van der Waals surface area contributed by atoms with E-state index in [2.05, 4.69) is 10.3 Å². The lowest BCUT2D eigenvalue weighted by Gasteiger charge is -2.21. The molecule has 36 heavy (non-hydrogen) atoms. The second-order valence-corrected chi connectivity index (χ2v) is 10.7. The summed E-state index contributed by atoms with van der Waals surface area (Å²) in [6, 6.07) is 4.82. The Labute approximate surface area is 210 Å². The number of rotatable bonds is 8. The first-order valence-corrected chi connectivity index (χ1v) is 12.4. The molecule has 1 aromatic heterocycles. The molecular formula is C24H30F6N4OS. The van der Waals surface area contributed by atoms with Crippen LogP contribution >= 0.6 is 11.3 Å². The summed E-state index contributed by atoms with van der Waals surface area (Å²) in [5.41, 5.74) is -1.43. The van der Waals surface area contributed by atoms with Gasteiger partial charge in [0.05, 0.1) is 5.56 Å². The first-order chi connectivity index (χ1) is 16.7. The monoisotopic (exact) mass is 536 g/mol. The number of amides is 1. The zero-order valence-electron chi connectivity index (χ0n) is 20.5. The molecule has 1 aliphatic rings. The molecule has 5 nitrogen and oxygen atoms in total. The van der Waals surface area contributed by atoms with Crippen LogP contribution in [0.2, 0.25) is 0 Å². The van der Waals surface area contributed by atoms with E-state index in [1.807, 2.05) is 32.8 Å². The molecule has 1 N–H and O–H groups in total. The smallest absolute Gasteiger partial charge is 0.351 e. The first kappa shape index (κ1) is 28.2. The molecule has 1 amide bonds. The van der Waals surface area contributed by atoms with Crippen molar-refractivity contribution in [3.8, 4) is 0 Å². The molecule has 3 rings (SSSR count). The second kappa shape index (κ2) is 11.0. The van der Waals surface area contributed by atoms with Gasteiger partial charge < -0.3 is 15.1 Å². The Morgan fingerprint density at radius 3 is 2.28 bits per heavy atom. The van der Waals surface area contributed by atoms with Crippen molar-refractivity contribution in [1.29, 1.82) is 0 Å². The molecule has 12 heteroatoms. The Hall–Kier alpha value is -2.34. The number of carbonyl (C=O) groups is 1. The number of likely N-dealkylation sites (N-methyl/N-ethyl adjacent to an activating group) is 1. The number of nitrogens with zero attached hydrogens (tertiary/aromatic N) is 3. The number of hydrogen-bond acceptors (Lipinski definition) is 5. The van der Waals surface area contributed by atoms with Gasteiger partial charge in [-0.25, -0.2) is 4.98 Å². The van der Waals surface area contributed by atoms with E-state index in [9.17, 15) is 31.1 Å². The van der Waals surface area contributed by atoms with Crippen molar-refractivity contribution >= 4 is 22.4 Å². The minimum atomic E-state index is -4.80. The van der Waals surface area contributed by atoms with Gasteiger partial charge in [-0.1, -0.05) is 37.3 Å². The highest BCUT2D eigenvalue weighted by molar-refractivity contribution is 7.17. The van der Waals surface area contributed by atoms with Crippen LogP contribution in [-0.2, 0) is 12.4 Å². The number of benzene rings is 1. The van der Waals surface area contributed by atoms with E-state index in [4.69, 9.17) is 0 Å². The number of thiazole rings is 1. The lowest BCUT2D eigenvalue weighted by molar-refractivity contribution is -0.141. The molecule has 200 valence electrons. The first-order valence-electron chi connectivity index (χ1n) is 11.6. The van der Waals surface area contributed by atoms with E-state index in [0.717, 1.165) is 18.6 Å². The van der Waals surface area contributed by atoms with Gasteiger partial charge in [0.1, 0.15) is 4.88 Å². The van der Waals surface area contributed by atoms with Gasteiger partial charge in [-0.3, -0.25) is 4.79 Å². The number of aromatic nitrogens is 1. The van der Waals surface area contributed by atoms with E-state index in [1.54, 1.807) is 4.90 Å². The molecule has 0 saturated carbocycles. The predicted molar refractivity (Wildman–Crippen MR) is 127 cm³/mol. The summed E-state index contributed by atoms with van der Waals surface area (Å²) in [5.74, 6) is -1.11. The largest absolute Gasteiger partial charge is 0.435 e. The van der Waals surface area contributed by atoms with E-state index >= 15 is 0 Å². The Morgan fingerprint density at radius 1 is 1.14 bits per heavy atom. The molecule has 2 atom stereocenters. The van der Waals surface area contributed by atoms with Crippen molar-refractivity contribution in [3.63, 3.8) is 0 Å². The third-order valence-electron chi connectivity index (χ3n) is 6.23. The number of alkyl halides is 6. The second-order valence-electron chi connectivity index (χ2n) is 9.68. The zero-order valence-corrected chi connectivity index (χ0v) is 21.3. The Balaban J connectivity index is 1.79. The molecule has 1 aromatic carbocycles. The van der Waals surface area contributed by atoms with Crippen LogP contribution in [0.25, 0.3) is 0 Å². The highest BCUT2D eigenvalue weighted by atomic mass is 32.1. The molecule has 1 unspecified atom stereocenters. The molecule has 2 heterocycles. The van der Waals surface area contributed by atoms with Crippen molar-refractivity contribution in [1.82, 2.24) is 15.2 Å². The highest BCUT2D eigenvalue weighted by Gasteiger charge is 2.41. The van der Waals surface area contributed by atoms with Crippen molar-refractivity contribution in [2.45, 2.75) is 51.0 Å². The van der Waals surface area contributed by atoms with Gasteiger partial charge in [0, 0.05) is 31.6 Å². The SMILES string of the molecule is CC(C)CC(CNC(=O)c1sc(N2CC[C@@H](N(C)C)C2)nc1C(F)(F)F)c1ccc(C(F)(F)F)cc1. The molecule has 0 spiro atoms. The van der Waals surface area contributed by atoms with Crippen LogP contribution in [0.5, 0.6) is 0 Å². The molecule has 0 bridgehead atoms. The summed E-state index contributed by atoms with van der Waals surface area (Å²) < 4.78 is 80.0. The highest BCUT2D eigenvalue weighted by Crippen LogP contribution is 2.38. The van der Waals surface area contributed by atoms with Gasteiger partial charge in [0.2, 0.25) is 0 Å². The predicted octanol–water partition coefficient (Wildman–Crippen LogP) is 5.88. The van der Waals surface area contributed by atoms with E-state index in [-0.39, 0.29) is 29.6 Å². The van der Waals surface area contributed by atoms with Gasteiger partial charge in [0.15, 0.2) is 10.8 Å². The van der Waals surface area contributed by atoms with Gasteiger partial charge in [-0.2, -0.15) is 26.3 Å². The Bertz CT molecular complexity index is 1030. The molecule has 1 fully saturated rings. The average Bonchev–Trinajstić information content (AvgIpc) is 3.43. The number of halogens is 6. The van der Waals surface area contributed by atoms with Crippen LogP contribution in [0.15, 0.2) is 24.3 Å². The lowest BCUT2D eigenvalue weighted by atomic mass is 9.89. The maximum Gasteiger partial charge on any atom is 0.435 e. The maximum absolute atomic E-state index is 13.7. The summed E-state index contributed by atoms with van der Waals surface area (Å²) in [7, 11) is 3.81.